The number of rotatable bonds is 8. The van der Waals surface area contributed by atoms with Crippen molar-refractivity contribution < 1.29 is 14.1 Å². The first-order valence-corrected chi connectivity index (χ1v) is 10.3. The number of benzene rings is 2. The first kappa shape index (κ1) is 21.0. The minimum absolute atomic E-state index is 0.217. The predicted molar refractivity (Wildman–Crippen MR) is 121 cm³/mol. The van der Waals surface area contributed by atoms with Gasteiger partial charge in [0.05, 0.1) is 0 Å². The maximum absolute atomic E-state index is 12.4. The molecule has 0 aliphatic rings. The van der Waals surface area contributed by atoms with Gasteiger partial charge in [-0.3, -0.25) is 14.6 Å². The molecule has 2 aromatic heterocycles. The summed E-state index contributed by atoms with van der Waals surface area (Å²) in [6.45, 7) is 0.800. The Morgan fingerprint density at radius 2 is 1.34 bits per heavy atom. The summed E-state index contributed by atoms with van der Waals surface area (Å²) < 4.78 is 5.25. The van der Waals surface area contributed by atoms with Crippen LogP contribution in [0.4, 0.5) is 0 Å². The molecule has 2 amide bonds. The largest absolute Gasteiger partial charge is 0.355 e. The molecule has 2 aromatic carbocycles. The number of carbonyl (C=O) groups excluding carboxylic acids is 2. The van der Waals surface area contributed by atoms with Crippen LogP contribution < -0.4 is 10.6 Å². The number of carbonyl (C=O) groups is 2. The van der Waals surface area contributed by atoms with E-state index in [9.17, 15) is 9.59 Å². The molecule has 0 radical (unpaired) electrons. The van der Waals surface area contributed by atoms with Crippen molar-refractivity contribution in [1.82, 2.24) is 20.8 Å². The Kier molecular flexibility index (Phi) is 6.67. The van der Waals surface area contributed by atoms with Crippen LogP contribution in [-0.2, 0) is 0 Å². The van der Waals surface area contributed by atoms with Crippen LogP contribution in [-0.4, -0.2) is 35.0 Å². The fourth-order valence-corrected chi connectivity index (χ4v) is 3.16. The van der Waals surface area contributed by atoms with Crippen molar-refractivity contribution in [2.75, 3.05) is 13.1 Å². The highest BCUT2D eigenvalue weighted by atomic mass is 16.5. The zero-order valence-electron chi connectivity index (χ0n) is 17.3. The molecule has 0 bridgehead atoms. The Bertz CT molecular complexity index is 1190. The SMILES string of the molecule is O=C(NCCCNC(=O)c1cc(-c2ccccc2)on1)c1cc(-c2ccccc2)ccn1. The van der Waals surface area contributed by atoms with E-state index in [1.165, 1.54) is 0 Å². The summed E-state index contributed by atoms with van der Waals surface area (Å²) in [5, 5.41) is 9.44. The van der Waals surface area contributed by atoms with Crippen molar-refractivity contribution in [2.45, 2.75) is 6.42 Å². The molecule has 0 fully saturated rings. The van der Waals surface area contributed by atoms with Gasteiger partial charge in [-0.05, 0) is 29.7 Å². The van der Waals surface area contributed by atoms with Gasteiger partial charge >= 0.3 is 0 Å². The molecule has 2 N–H and O–H groups in total. The van der Waals surface area contributed by atoms with Crippen LogP contribution in [0.2, 0.25) is 0 Å². The van der Waals surface area contributed by atoms with Crippen LogP contribution in [0.3, 0.4) is 0 Å². The topological polar surface area (TPSA) is 97.1 Å². The molecule has 7 heteroatoms. The van der Waals surface area contributed by atoms with E-state index in [1.807, 2.05) is 66.7 Å². The van der Waals surface area contributed by atoms with Crippen molar-refractivity contribution >= 4 is 11.8 Å². The molecular weight excluding hydrogens is 404 g/mol. The van der Waals surface area contributed by atoms with E-state index in [0.29, 0.717) is 31.0 Å². The quantitative estimate of drug-likeness (QED) is 0.416. The highest BCUT2D eigenvalue weighted by Gasteiger charge is 2.13. The second-order valence-corrected chi connectivity index (χ2v) is 7.10. The molecule has 0 saturated carbocycles. The number of aromatic nitrogens is 2. The summed E-state index contributed by atoms with van der Waals surface area (Å²) in [7, 11) is 0. The van der Waals surface area contributed by atoms with Crippen LogP contribution in [0.5, 0.6) is 0 Å². The Balaban J connectivity index is 1.22. The molecule has 0 aliphatic heterocycles. The Morgan fingerprint density at radius 1 is 0.719 bits per heavy atom. The zero-order chi connectivity index (χ0) is 22.2. The molecule has 0 saturated heterocycles. The molecule has 7 nitrogen and oxygen atoms in total. The zero-order valence-corrected chi connectivity index (χ0v) is 17.3. The average molecular weight is 426 g/mol. The van der Waals surface area contributed by atoms with Gasteiger partial charge in [-0.15, -0.1) is 0 Å². The minimum Gasteiger partial charge on any atom is -0.355 e. The number of pyridine rings is 1. The Morgan fingerprint density at radius 3 is 2.03 bits per heavy atom. The van der Waals surface area contributed by atoms with Gasteiger partial charge in [-0.2, -0.15) is 0 Å². The van der Waals surface area contributed by atoms with Gasteiger partial charge in [-0.1, -0.05) is 65.8 Å². The van der Waals surface area contributed by atoms with Gasteiger partial charge in [0.1, 0.15) is 5.69 Å². The maximum Gasteiger partial charge on any atom is 0.273 e. The van der Waals surface area contributed by atoms with Gasteiger partial charge < -0.3 is 15.2 Å². The number of nitrogens with one attached hydrogen (secondary N) is 2. The van der Waals surface area contributed by atoms with E-state index in [2.05, 4.69) is 20.8 Å². The van der Waals surface area contributed by atoms with Crippen molar-refractivity contribution in [3.05, 3.63) is 96.4 Å². The molecule has 0 spiro atoms. The molecule has 0 aliphatic carbocycles. The van der Waals surface area contributed by atoms with E-state index < -0.39 is 0 Å². The van der Waals surface area contributed by atoms with Crippen molar-refractivity contribution in [3.8, 4) is 22.5 Å². The second kappa shape index (κ2) is 10.2. The van der Waals surface area contributed by atoms with E-state index in [4.69, 9.17) is 4.52 Å². The lowest BCUT2D eigenvalue weighted by Crippen LogP contribution is -2.30. The van der Waals surface area contributed by atoms with Gasteiger partial charge in [0.25, 0.3) is 11.8 Å². The lowest BCUT2D eigenvalue weighted by molar-refractivity contribution is 0.0944. The van der Waals surface area contributed by atoms with E-state index in [-0.39, 0.29) is 17.5 Å². The summed E-state index contributed by atoms with van der Waals surface area (Å²) >= 11 is 0. The molecular formula is C25H22N4O3. The fourth-order valence-electron chi connectivity index (χ4n) is 3.16. The van der Waals surface area contributed by atoms with Gasteiger partial charge in [0.2, 0.25) is 0 Å². The molecule has 32 heavy (non-hydrogen) atoms. The molecule has 4 rings (SSSR count). The Hall–Kier alpha value is -4.26. The van der Waals surface area contributed by atoms with Gasteiger partial charge in [-0.25, -0.2) is 0 Å². The van der Waals surface area contributed by atoms with E-state index in [1.54, 1.807) is 18.3 Å². The van der Waals surface area contributed by atoms with Gasteiger partial charge in [0, 0.05) is 30.9 Å². The molecule has 4 aromatic rings. The van der Waals surface area contributed by atoms with Crippen molar-refractivity contribution in [1.29, 1.82) is 0 Å². The van der Waals surface area contributed by atoms with Crippen LogP contribution >= 0.6 is 0 Å². The predicted octanol–water partition coefficient (Wildman–Crippen LogP) is 3.95. The van der Waals surface area contributed by atoms with Crippen molar-refractivity contribution in [2.24, 2.45) is 0 Å². The highest BCUT2D eigenvalue weighted by molar-refractivity contribution is 5.94. The number of nitrogens with zero attached hydrogens (tertiary/aromatic N) is 2. The van der Waals surface area contributed by atoms with Crippen LogP contribution in [0.1, 0.15) is 27.4 Å². The van der Waals surface area contributed by atoms with Crippen LogP contribution in [0.25, 0.3) is 22.5 Å². The third kappa shape index (κ3) is 5.26. The highest BCUT2D eigenvalue weighted by Crippen LogP contribution is 2.20. The molecule has 2 heterocycles. The standard InChI is InChI=1S/C25H22N4O3/c30-24(21-16-20(12-15-26-21)18-8-3-1-4-9-18)27-13-7-14-28-25(31)22-17-23(32-29-22)19-10-5-2-6-11-19/h1-6,8-12,15-17H,7,13-14H2,(H,27,30)(H,28,31). The summed E-state index contributed by atoms with van der Waals surface area (Å²) in [6, 6.07) is 24.5. The van der Waals surface area contributed by atoms with Crippen LogP contribution in [0.15, 0.2) is 89.6 Å². The third-order valence-corrected chi connectivity index (χ3v) is 4.83. The molecule has 0 atom stereocenters. The summed E-state index contributed by atoms with van der Waals surface area (Å²) in [6.07, 6.45) is 2.19. The summed E-state index contributed by atoms with van der Waals surface area (Å²) in [4.78, 5) is 28.8. The number of amides is 2. The summed E-state index contributed by atoms with van der Waals surface area (Å²) in [5.74, 6) is -0.0363. The lowest BCUT2D eigenvalue weighted by Gasteiger charge is -2.07. The molecule has 0 unspecified atom stereocenters. The van der Waals surface area contributed by atoms with E-state index in [0.717, 1.165) is 16.7 Å². The fraction of sp³-hybridized carbons (Fsp3) is 0.120. The first-order chi connectivity index (χ1) is 15.7. The van der Waals surface area contributed by atoms with Crippen molar-refractivity contribution in [3.63, 3.8) is 0 Å². The van der Waals surface area contributed by atoms with Gasteiger partial charge in [0.15, 0.2) is 11.5 Å². The molecule has 160 valence electrons. The average Bonchev–Trinajstić information content (AvgIpc) is 3.35. The third-order valence-electron chi connectivity index (χ3n) is 4.83. The normalized spacial score (nSPS) is 10.5. The Labute approximate surface area is 185 Å². The summed E-state index contributed by atoms with van der Waals surface area (Å²) in [5.41, 5.74) is 3.38. The maximum atomic E-state index is 12.4. The van der Waals surface area contributed by atoms with Crippen LogP contribution in [0, 0.1) is 0 Å². The smallest absolute Gasteiger partial charge is 0.273 e. The monoisotopic (exact) mass is 426 g/mol. The number of hydrogen-bond donors (Lipinski definition) is 2. The van der Waals surface area contributed by atoms with E-state index >= 15 is 0 Å². The first-order valence-electron chi connectivity index (χ1n) is 10.3. The number of hydrogen-bond acceptors (Lipinski definition) is 5. The minimum atomic E-state index is -0.320. The lowest BCUT2D eigenvalue weighted by atomic mass is 10.1. The second-order valence-electron chi connectivity index (χ2n) is 7.10.